The molecule has 1 aliphatic carbocycles. The number of hydrogen-bond acceptors (Lipinski definition) is 3. The van der Waals surface area contributed by atoms with Crippen molar-refractivity contribution in [1.82, 2.24) is 0 Å². The van der Waals surface area contributed by atoms with Gasteiger partial charge < -0.3 is 15.2 Å². The van der Waals surface area contributed by atoms with Gasteiger partial charge in [-0.15, -0.1) is 0 Å². The summed E-state index contributed by atoms with van der Waals surface area (Å²) < 4.78 is 5.16. The van der Waals surface area contributed by atoms with Crippen molar-refractivity contribution in [2.24, 2.45) is 0 Å². The number of carbonyl (C=O) groups is 1. The van der Waals surface area contributed by atoms with E-state index in [4.69, 9.17) is 4.74 Å². The molecule has 2 rings (SSSR count). The first kappa shape index (κ1) is 12.7. The minimum absolute atomic E-state index is 0.0660. The van der Waals surface area contributed by atoms with Gasteiger partial charge in [-0.1, -0.05) is 6.92 Å². The molecule has 18 heavy (non-hydrogen) atoms. The van der Waals surface area contributed by atoms with Gasteiger partial charge in [0.1, 0.15) is 5.75 Å². The van der Waals surface area contributed by atoms with Gasteiger partial charge in [0, 0.05) is 11.6 Å². The number of ether oxygens (including phenoxy) is 1. The standard InChI is InChI=1S/C14H19NO3/c1-3-14(7-4-8-14)15-12-9-10(18-2)5-6-11(12)13(16)17/h5-6,9,15H,3-4,7-8H2,1-2H3,(H,16,17). The van der Waals surface area contributed by atoms with E-state index >= 15 is 0 Å². The molecule has 0 radical (unpaired) electrons. The lowest BCUT2D eigenvalue weighted by molar-refractivity contribution is 0.0697. The first-order valence-electron chi connectivity index (χ1n) is 6.30. The van der Waals surface area contributed by atoms with Crippen molar-refractivity contribution >= 4 is 11.7 Å². The van der Waals surface area contributed by atoms with Crippen LogP contribution in [0.15, 0.2) is 18.2 Å². The van der Waals surface area contributed by atoms with E-state index < -0.39 is 5.97 Å². The molecule has 1 aliphatic rings. The minimum atomic E-state index is -0.911. The maximum absolute atomic E-state index is 11.2. The highest BCUT2D eigenvalue weighted by Gasteiger charge is 2.35. The summed E-state index contributed by atoms with van der Waals surface area (Å²) in [5, 5.41) is 12.6. The molecule has 0 bridgehead atoms. The average molecular weight is 249 g/mol. The zero-order valence-corrected chi connectivity index (χ0v) is 10.8. The fraction of sp³-hybridized carbons (Fsp3) is 0.500. The largest absolute Gasteiger partial charge is 0.497 e. The molecule has 0 saturated heterocycles. The van der Waals surface area contributed by atoms with E-state index in [0.717, 1.165) is 19.3 Å². The van der Waals surface area contributed by atoms with E-state index in [1.807, 2.05) is 0 Å². The Morgan fingerprint density at radius 2 is 2.22 bits per heavy atom. The van der Waals surface area contributed by atoms with Crippen molar-refractivity contribution in [2.45, 2.75) is 38.1 Å². The number of rotatable bonds is 5. The summed E-state index contributed by atoms with van der Waals surface area (Å²) >= 11 is 0. The van der Waals surface area contributed by atoms with Crippen LogP contribution in [0.4, 0.5) is 5.69 Å². The second-order valence-corrected chi connectivity index (χ2v) is 4.83. The molecule has 4 nitrogen and oxygen atoms in total. The average Bonchev–Trinajstić information content (AvgIpc) is 2.33. The number of nitrogens with one attached hydrogen (secondary N) is 1. The van der Waals surface area contributed by atoms with Crippen molar-refractivity contribution in [3.8, 4) is 5.75 Å². The van der Waals surface area contributed by atoms with E-state index in [0.29, 0.717) is 17.0 Å². The number of hydrogen-bond donors (Lipinski definition) is 2. The SMILES string of the molecule is CCC1(Nc2cc(OC)ccc2C(=O)O)CCC1. The molecule has 1 fully saturated rings. The zero-order chi connectivity index (χ0) is 13.2. The van der Waals surface area contributed by atoms with Gasteiger partial charge in [0.15, 0.2) is 0 Å². The molecule has 1 saturated carbocycles. The molecule has 2 N–H and O–H groups in total. The fourth-order valence-corrected chi connectivity index (χ4v) is 2.40. The Kier molecular flexibility index (Phi) is 3.45. The Hall–Kier alpha value is -1.71. The summed E-state index contributed by atoms with van der Waals surface area (Å²) in [6, 6.07) is 5.03. The van der Waals surface area contributed by atoms with Crippen LogP contribution in [0.5, 0.6) is 5.75 Å². The lowest BCUT2D eigenvalue weighted by atomic mass is 9.74. The summed E-state index contributed by atoms with van der Waals surface area (Å²) in [6.07, 6.45) is 4.40. The van der Waals surface area contributed by atoms with Gasteiger partial charge >= 0.3 is 5.97 Å². The molecule has 4 heteroatoms. The summed E-state index contributed by atoms with van der Waals surface area (Å²) in [5.74, 6) is -0.237. The first-order valence-corrected chi connectivity index (χ1v) is 6.30. The fourth-order valence-electron chi connectivity index (χ4n) is 2.40. The van der Waals surface area contributed by atoms with E-state index in [-0.39, 0.29) is 5.54 Å². The van der Waals surface area contributed by atoms with E-state index in [9.17, 15) is 9.90 Å². The predicted molar refractivity (Wildman–Crippen MR) is 70.4 cm³/mol. The molecule has 0 atom stereocenters. The predicted octanol–water partition coefficient (Wildman–Crippen LogP) is 3.14. The topological polar surface area (TPSA) is 58.6 Å². The molecular weight excluding hydrogens is 230 g/mol. The highest BCUT2D eigenvalue weighted by atomic mass is 16.5. The number of carboxylic acid groups (broad SMARTS) is 1. The molecule has 0 aliphatic heterocycles. The summed E-state index contributed by atoms with van der Waals surface area (Å²) in [4.78, 5) is 11.2. The summed E-state index contributed by atoms with van der Waals surface area (Å²) in [7, 11) is 1.58. The normalized spacial score (nSPS) is 16.8. The first-order chi connectivity index (χ1) is 8.60. The second-order valence-electron chi connectivity index (χ2n) is 4.83. The van der Waals surface area contributed by atoms with Gasteiger partial charge in [-0.05, 0) is 37.8 Å². The minimum Gasteiger partial charge on any atom is -0.497 e. The third-order valence-electron chi connectivity index (χ3n) is 3.84. The third-order valence-corrected chi connectivity index (χ3v) is 3.84. The van der Waals surface area contributed by atoms with Gasteiger partial charge in [0.25, 0.3) is 0 Å². The number of aromatic carboxylic acids is 1. The number of benzene rings is 1. The van der Waals surface area contributed by atoms with Gasteiger partial charge in [0.2, 0.25) is 0 Å². The van der Waals surface area contributed by atoms with Crippen LogP contribution in [0.25, 0.3) is 0 Å². The molecule has 0 spiro atoms. The second kappa shape index (κ2) is 4.88. The monoisotopic (exact) mass is 249 g/mol. The van der Waals surface area contributed by atoms with Gasteiger partial charge in [0.05, 0.1) is 18.4 Å². The molecule has 1 aromatic carbocycles. The van der Waals surface area contributed by atoms with Crippen LogP contribution in [0, 0.1) is 0 Å². The van der Waals surface area contributed by atoms with Crippen molar-refractivity contribution in [3.05, 3.63) is 23.8 Å². The molecule has 0 heterocycles. The quantitative estimate of drug-likeness (QED) is 0.841. The van der Waals surface area contributed by atoms with Crippen molar-refractivity contribution in [2.75, 3.05) is 12.4 Å². The summed E-state index contributed by atoms with van der Waals surface area (Å²) in [6.45, 7) is 2.13. The molecule has 1 aromatic rings. The van der Waals surface area contributed by atoms with Crippen molar-refractivity contribution in [1.29, 1.82) is 0 Å². The Bertz CT molecular complexity index is 447. The number of anilines is 1. The highest BCUT2D eigenvalue weighted by Crippen LogP contribution is 2.39. The Morgan fingerprint density at radius 3 is 2.67 bits per heavy atom. The van der Waals surface area contributed by atoms with Gasteiger partial charge in [-0.2, -0.15) is 0 Å². The van der Waals surface area contributed by atoms with Crippen LogP contribution in [-0.4, -0.2) is 23.7 Å². The van der Waals surface area contributed by atoms with Crippen LogP contribution in [0.1, 0.15) is 43.0 Å². The maximum Gasteiger partial charge on any atom is 0.337 e. The molecular formula is C14H19NO3. The molecule has 98 valence electrons. The summed E-state index contributed by atoms with van der Waals surface area (Å²) in [5.41, 5.74) is 1.02. The Labute approximate surface area is 107 Å². The highest BCUT2D eigenvalue weighted by molar-refractivity contribution is 5.94. The van der Waals surface area contributed by atoms with Crippen molar-refractivity contribution in [3.63, 3.8) is 0 Å². The zero-order valence-electron chi connectivity index (χ0n) is 10.8. The van der Waals surface area contributed by atoms with Crippen LogP contribution >= 0.6 is 0 Å². The van der Waals surface area contributed by atoms with Crippen LogP contribution < -0.4 is 10.1 Å². The lowest BCUT2D eigenvalue weighted by Crippen LogP contribution is -2.44. The number of carboxylic acids is 1. The smallest absolute Gasteiger partial charge is 0.337 e. The molecule has 0 unspecified atom stereocenters. The van der Waals surface area contributed by atoms with Crippen LogP contribution in [-0.2, 0) is 0 Å². The Morgan fingerprint density at radius 1 is 1.50 bits per heavy atom. The molecule has 0 aromatic heterocycles. The van der Waals surface area contributed by atoms with Gasteiger partial charge in [-0.3, -0.25) is 0 Å². The van der Waals surface area contributed by atoms with Crippen molar-refractivity contribution < 1.29 is 14.6 Å². The van der Waals surface area contributed by atoms with Gasteiger partial charge in [-0.25, -0.2) is 4.79 Å². The molecule has 0 amide bonds. The van der Waals surface area contributed by atoms with Crippen LogP contribution in [0.2, 0.25) is 0 Å². The lowest BCUT2D eigenvalue weighted by Gasteiger charge is -2.43. The Balaban J connectivity index is 2.31. The van der Waals surface area contributed by atoms with E-state index in [1.54, 1.807) is 25.3 Å². The van der Waals surface area contributed by atoms with E-state index in [2.05, 4.69) is 12.2 Å². The number of methoxy groups -OCH3 is 1. The van der Waals surface area contributed by atoms with Crippen LogP contribution in [0.3, 0.4) is 0 Å². The maximum atomic E-state index is 11.2. The third kappa shape index (κ3) is 2.28. The van der Waals surface area contributed by atoms with E-state index in [1.165, 1.54) is 6.42 Å².